The van der Waals surface area contributed by atoms with Crippen molar-refractivity contribution in [1.29, 1.82) is 0 Å². The van der Waals surface area contributed by atoms with Gasteiger partial charge in [0.25, 0.3) is 0 Å². The van der Waals surface area contributed by atoms with Gasteiger partial charge >= 0.3 is 0 Å². The predicted octanol–water partition coefficient (Wildman–Crippen LogP) is 3.24. The van der Waals surface area contributed by atoms with Gasteiger partial charge in [0.2, 0.25) is 5.91 Å². The minimum atomic E-state index is 0.000979. The molecule has 0 spiro atoms. The van der Waals surface area contributed by atoms with Gasteiger partial charge in [0.15, 0.2) is 0 Å². The molecule has 0 bridgehead atoms. The van der Waals surface area contributed by atoms with Gasteiger partial charge in [0.05, 0.1) is 0 Å². The quantitative estimate of drug-likeness (QED) is 0.624. The molecule has 0 fully saturated rings. The molecule has 0 aliphatic rings. The Morgan fingerprint density at radius 1 is 1.29 bits per heavy atom. The lowest BCUT2D eigenvalue weighted by molar-refractivity contribution is -0.118. The summed E-state index contributed by atoms with van der Waals surface area (Å²) >= 11 is 0. The zero-order valence-corrected chi connectivity index (χ0v) is 9.68. The van der Waals surface area contributed by atoms with Crippen molar-refractivity contribution in [3.8, 4) is 0 Å². The zero-order valence-electron chi connectivity index (χ0n) is 9.68. The Labute approximate surface area is 87.8 Å². The minimum Gasteiger partial charge on any atom is -0.333 e. The van der Waals surface area contributed by atoms with Gasteiger partial charge < -0.3 is 5.32 Å². The van der Waals surface area contributed by atoms with Crippen LogP contribution in [0, 0.1) is 5.92 Å². The van der Waals surface area contributed by atoms with E-state index in [9.17, 15) is 4.79 Å². The summed E-state index contributed by atoms with van der Waals surface area (Å²) < 4.78 is 0. The van der Waals surface area contributed by atoms with E-state index in [-0.39, 0.29) is 5.91 Å². The fraction of sp³-hybridized carbons (Fsp3) is 0.750. The first-order valence-electron chi connectivity index (χ1n) is 5.55. The Balaban J connectivity index is 3.13. The summed E-state index contributed by atoms with van der Waals surface area (Å²) in [6.07, 6.45) is 10.0. The molecular weight excluding hydrogens is 174 g/mol. The summed E-state index contributed by atoms with van der Waals surface area (Å²) in [4.78, 5) is 10.5. The SMILES string of the molecule is CC(=O)NC=CCCCCCC(C)C. The molecule has 0 saturated heterocycles. The molecule has 0 heterocycles. The molecule has 82 valence electrons. The highest BCUT2D eigenvalue weighted by atomic mass is 16.1. The van der Waals surface area contributed by atoms with Crippen LogP contribution in [-0.4, -0.2) is 5.91 Å². The lowest BCUT2D eigenvalue weighted by atomic mass is 10.0. The monoisotopic (exact) mass is 197 g/mol. The second-order valence-corrected chi connectivity index (χ2v) is 4.13. The maximum Gasteiger partial charge on any atom is 0.220 e. The number of allylic oxidation sites excluding steroid dienone is 1. The molecule has 0 saturated carbocycles. The summed E-state index contributed by atoms with van der Waals surface area (Å²) in [5.41, 5.74) is 0. The number of hydrogen-bond acceptors (Lipinski definition) is 1. The third-order valence-electron chi connectivity index (χ3n) is 2.06. The predicted molar refractivity (Wildman–Crippen MR) is 60.9 cm³/mol. The molecule has 0 aliphatic carbocycles. The normalized spacial score (nSPS) is 11.1. The fourth-order valence-corrected chi connectivity index (χ4v) is 1.25. The first kappa shape index (κ1) is 13.2. The van der Waals surface area contributed by atoms with E-state index in [1.54, 1.807) is 6.20 Å². The van der Waals surface area contributed by atoms with E-state index in [2.05, 4.69) is 19.2 Å². The van der Waals surface area contributed by atoms with Crippen LogP contribution < -0.4 is 5.32 Å². The van der Waals surface area contributed by atoms with Crippen LogP contribution in [-0.2, 0) is 4.79 Å². The molecule has 0 unspecified atom stereocenters. The maximum atomic E-state index is 10.5. The van der Waals surface area contributed by atoms with E-state index in [4.69, 9.17) is 0 Å². The zero-order chi connectivity index (χ0) is 10.8. The molecule has 2 heteroatoms. The first-order chi connectivity index (χ1) is 6.63. The van der Waals surface area contributed by atoms with Crippen LogP contribution >= 0.6 is 0 Å². The summed E-state index contributed by atoms with van der Waals surface area (Å²) in [7, 11) is 0. The molecule has 0 radical (unpaired) electrons. The molecule has 0 rings (SSSR count). The van der Waals surface area contributed by atoms with E-state index >= 15 is 0 Å². The lowest BCUT2D eigenvalue weighted by Gasteiger charge is -2.02. The molecule has 14 heavy (non-hydrogen) atoms. The summed E-state index contributed by atoms with van der Waals surface area (Å²) in [6.45, 7) is 6.04. The van der Waals surface area contributed by atoms with Crippen molar-refractivity contribution in [3.05, 3.63) is 12.3 Å². The number of carbonyl (C=O) groups excluding carboxylic acids is 1. The van der Waals surface area contributed by atoms with E-state index in [1.807, 2.05) is 6.08 Å². The second kappa shape index (κ2) is 8.79. The standard InChI is InChI=1S/C12H23NO/c1-11(2)9-7-5-4-6-8-10-13-12(3)14/h8,10-11H,4-7,9H2,1-3H3,(H,13,14). The summed E-state index contributed by atoms with van der Waals surface area (Å²) in [6, 6.07) is 0. The largest absolute Gasteiger partial charge is 0.333 e. The van der Waals surface area contributed by atoms with Crippen LogP contribution in [0.5, 0.6) is 0 Å². The minimum absolute atomic E-state index is 0.000979. The van der Waals surface area contributed by atoms with E-state index in [0.717, 1.165) is 12.3 Å². The highest BCUT2D eigenvalue weighted by Gasteiger charge is 1.92. The van der Waals surface area contributed by atoms with Crippen LogP contribution in [0.2, 0.25) is 0 Å². The van der Waals surface area contributed by atoms with Gasteiger partial charge in [-0.2, -0.15) is 0 Å². The Hall–Kier alpha value is -0.790. The molecule has 0 aliphatic heterocycles. The lowest BCUT2D eigenvalue weighted by Crippen LogP contribution is -2.11. The van der Waals surface area contributed by atoms with Crippen molar-refractivity contribution < 1.29 is 4.79 Å². The molecule has 0 atom stereocenters. The Kier molecular flexibility index (Phi) is 8.30. The smallest absolute Gasteiger partial charge is 0.220 e. The highest BCUT2D eigenvalue weighted by molar-refractivity contribution is 5.73. The second-order valence-electron chi connectivity index (χ2n) is 4.13. The Morgan fingerprint density at radius 3 is 2.57 bits per heavy atom. The van der Waals surface area contributed by atoms with Crippen molar-refractivity contribution >= 4 is 5.91 Å². The molecule has 2 nitrogen and oxygen atoms in total. The topological polar surface area (TPSA) is 29.1 Å². The summed E-state index contributed by atoms with van der Waals surface area (Å²) in [5.74, 6) is 0.825. The van der Waals surface area contributed by atoms with Crippen LogP contribution in [0.4, 0.5) is 0 Å². The van der Waals surface area contributed by atoms with Crippen molar-refractivity contribution in [3.63, 3.8) is 0 Å². The van der Waals surface area contributed by atoms with Crippen LogP contribution in [0.1, 0.15) is 52.9 Å². The number of nitrogens with one attached hydrogen (secondary N) is 1. The van der Waals surface area contributed by atoms with Gasteiger partial charge in [-0.05, 0) is 25.0 Å². The average molecular weight is 197 g/mol. The van der Waals surface area contributed by atoms with Crippen molar-refractivity contribution in [2.45, 2.75) is 52.9 Å². The van der Waals surface area contributed by atoms with Gasteiger partial charge in [0.1, 0.15) is 0 Å². The van der Waals surface area contributed by atoms with Gasteiger partial charge in [-0.1, -0.05) is 39.2 Å². The molecule has 1 N–H and O–H groups in total. The van der Waals surface area contributed by atoms with Crippen LogP contribution in [0.15, 0.2) is 12.3 Å². The van der Waals surface area contributed by atoms with E-state index in [0.29, 0.717) is 0 Å². The first-order valence-corrected chi connectivity index (χ1v) is 5.55. The number of rotatable bonds is 7. The molecule has 0 aromatic heterocycles. The van der Waals surface area contributed by atoms with Crippen molar-refractivity contribution in [2.75, 3.05) is 0 Å². The van der Waals surface area contributed by atoms with E-state index < -0.39 is 0 Å². The summed E-state index contributed by atoms with van der Waals surface area (Å²) in [5, 5.41) is 2.64. The number of carbonyl (C=O) groups is 1. The average Bonchev–Trinajstić information content (AvgIpc) is 2.08. The molecular formula is C12H23NO. The van der Waals surface area contributed by atoms with E-state index in [1.165, 1.54) is 32.6 Å². The van der Waals surface area contributed by atoms with Crippen LogP contribution in [0.3, 0.4) is 0 Å². The highest BCUT2D eigenvalue weighted by Crippen LogP contribution is 2.09. The van der Waals surface area contributed by atoms with Crippen molar-refractivity contribution in [1.82, 2.24) is 5.32 Å². The third-order valence-corrected chi connectivity index (χ3v) is 2.06. The number of hydrogen-bond donors (Lipinski definition) is 1. The van der Waals surface area contributed by atoms with Gasteiger partial charge in [-0.15, -0.1) is 0 Å². The van der Waals surface area contributed by atoms with Crippen LogP contribution in [0.25, 0.3) is 0 Å². The van der Waals surface area contributed by atoms with Gasteiger partial charge in [-0.3, -0.25) is 4.79 Å². The third kappa shape index (κ3) is 11.2. The molecule has 0 aromatic rings. The van der Waals surface area contributed by atoms with Crippen molar-refractivity contribution in [2.24, 2.45) is 5.92 Å². The number of unbranched alkanes of at least 4 members (excludes halogenated alkanes) is 3. The number of amides is 1. The Morgan fingerprint density at radius 2 is 2.00 bits per heavy atom. The molecule has 0 aromatic carbocycles. The van der Waals surface area contributed by atoms with Gasteiger partial charge in [0, 0.05) is 6.92 Å². The fourth-order valence-electron chi connectivity index (χ4n) is 1.25. The van der Waals surface area contributed by atoms with Gasteiger partial charge in [-0.25, -0.2) is 0 Å². The maximum absolute atomic E-state index is 10.5. The Bertz CT molecular complexity index is 173. The molecule has 1 amide bonds.